The Bertz CT molecular complexity index is 1430. The molecule has 4 aromatic rings. The number of hydrogen-bond donors (Lipinski definition) is 0. The highest BCUT2D eigenvalue weighted by Crippen LogP contribution is 2.31. The zero-order chi connectivity index (χ0) is 23.7. The molecule has 1 aliphatic rings. The Labute approximate surface area is 196 Å². The van der Waals surface area contributed by atoms with Gasteiger partial charge in [0.1, 0.15) is 17.5 Å². The molecule has 0 aliphatic carbocycles. The Morgan fingerprint density at radius 3 is 2.38 bits per heavy atom. The minimum atomic E-state index is -0.216. The van der Waals surface area contributed by atoms with E-state index in [0.717, 1.165) is 23.1 Å². The lowest BCUT2D eigenvalue weighted by Crippen LogP contribution is -2.38. The first-order valence-corrected chi connectivity index (χ1v) is 10.8. The maximum atomic E-state index is 13.6. The topological polar surface area (TPSA) is 88.2 Å². The highest BCUT2D eigenvalue weighted by molar-refractivity contribution is 6.08. The van der Waals surface area contributed by atoms with Crippen molar-refractivity contribution in [1.82, 2.24) is 9.78 Å². The lowest BCUT2D eigenvalue weighted by atomic mass is 9.99. The third-order valence-electron chi connectivity index (χ3n) is 6.02. The number of carbonyl (C=O) groups is 2. The molecule has 5 rings (SSSR count). The average Bonchev–Trinajstić information content (AvgIpc) is 3.29. The highest BCUT2D eigenvalue weighted by atomic mass is 16.5. The van der Waals surface area contributed by atoms with Crippen LogP contribution in [0.4, 0.5) is 5.69 Å². The van der Waals surface area contributed by atoms with Crippen LogP contribution in [0.3, 0.4) is 0 Å². The molecule has 1 aromatic heterocycles. The molecule has 0 atom stereocenters. The van der Waals surface area contributed by atoms with Crippen LogP contribution in [0, 0.1) is 11.3 Å². The smallest absolute Gasteiger partial charge is 0.277 e. The van der Waals surface area contributed by atoms with Crippen molar-refractivity contribution in [3.63, 3.8) is 0 Å². The first-order chi connectivity index (χ1) is 16.6. The second-order valence-electron chi connectivity index (χ2n) is 7.86. The van der Waals surface area contributed by atoms with E-state index < -0.39 is 0 Å². The largest absolute Gasteiger partial charge is 0.497 e. The number of rotatable bonds is 5. The molecule has 0 saturated carbocycles. The predicted molar refractivity (Wildman–Crippen MR) is 127 cm³/mol. The van der Waals surface area contributed by atoms with Crippen molar-refractivity contribution in [1.29, 1.82) is 5.26 Å². The number of hydrogen-bond acceptors (Lipinski definition) is 5. The van der Waals surface area contributed by atoms with E-state index in [0.29, 0.717) is 41.2 Å². The Morgan fingerprint density at radius 1 is 1.00 bits per heavy atom. The van der Waals surface area contributed by atoms with Gasteiger partial charge < -0.3 is 9.64 Å². The fourth-order valence-corrected chi connectivity index (χ4v) is 4.29. The number of fused-ring (bicyclic) bond motifs is 1. The van der Waals surface area contributed by atoms with Crippen LogP contribution in [-0.2, 0) is 6.42 Å². The number of benzene rings is 3. The first-order valence-electron chi connectivity index (χ1n) is 10.8. The van der Waals surface area contributed by atoms with Crippen molar-refractivity contribution in [2.45, 2.75) is 6.42 Å². The zero-order valence-corrected chi connectivity index (χ0v) is 18.4. The summed E-state index contributed by atoms with van der Waals surface area (Å²) in [6.07, 6.45) is 1.36. The van der Waals surface area contributed by atoms with E-state index >= 15 is 0 Å². The average molecular weight is 448 g/mol. The summed E-state index contributed by atoms with van der Waals surface area (Å²) in [6, 6.07) is 24.3. The van der Waals surface area contributed by atoms with E-state index in [9.17, 15) is 14.9 Å². The van der Waals surface area contributed by atoms with Crippen molar-refractivity contribution < 1.29 is 14.3 Å². The van der Waals surface area contributed by atoms with Crippen molar-refractivity contribution in [3.8, 4) is 28.6 Å². The van der Waals surface area contributed by atoms with Gasteiger partial charge in [0.15, 0.2) is 12.0 Å². The van der Waals surface area contributed by atoms with Gasteiger partial charge in [-0.2, -0.15) is 10.4 Å². The fraction of sp³-hybridized carbons (Fsp3) is 0.111. The van der Waals surface area contributed by atoms with E-state index in [-0.39, 0.29) is 11.6 Å². The number of methoxy groups -OCH3 is 1. The molecule has 0 spiro atoms. The minimum absolute atomic E-state index is 0.216. The van der Waals surface area contributed by atoms with Crippen LogP contribution < -0.4 is 9.64 Å². The van der Waals surface area contributed by atoms with Crippen LogP contribution in [0.1, 0.15) is 32.1 Å². The number of aldehydes is 1. The number of anilines is 1. The minimum Gasteiger partial charge on any atom is -0.497 e. The zero-order valence-electron chi connectivity index (χ0n) is 18.4. The number of ether oxygens (including phenoxy) is 1. The molecule has 0 unspecified atom stereocenters. The molecule has 0 radical (unpaired) electrons. The molecular weight excluding hydrogens is 428 g/mol. The Balaban J connectivity index is 1.51. The van der Waals surface area contributed by atoms with Crippen molar-refractivity contribution in [3.05, 3.63) is 95.3 Å². The molecule has 166 valence electrons. The van der Waals surface area contributed by atoms with E-state index in [1.165, 1.54) is 4.68 Å². The van der Waals surface area contributed by atoms with Gasteiger partial charge in [0.2, 0.25) is 0 Å². The second-order valence-corrected chi connectivity index (χ2v) is 7.86. The number of nitriles is 1. The molecule has 34 heavy (non-hydrogen) atoms. The number of aromatic nitrogens is 2. The predicted octanol–water partition coefficient (Wildman–Crippen LogP) is 4.43. The molecule has 0 bridgehead atoms. The summed E-state index contributed by atoms with van der Waals surface area (Å²) in [5.74, 6) is 0.474. The van der Waals surface area contributed by atoms with Gasteiger partial charge in [0.25, 0.3) is 5.91 Å². The Morgan fingerprint density at radius 2 is 1.71 bits per heavy atom. The maximum absolute atomic E-state index is 13.6. The molecule has 0 saturated heterocycles. The highest BCUT2D eigenvalue weighted by Gasteiger charge is 2.33. The van der Waals surface area contributed by atoms with Crippen molar-refractivity contribution >= 4 is 17.9 Å². The molecule has 3 aromatic carbocycles. The Kier molecular flexibility index (Phi) is 5.40. The quantitative estimate of drug-likeness (QED) is 0.421. The summed E-state index contributed by atoms with van der Waals surface area (Å²) in [7, 11) is 1.59. The molecule has 7 nitrogen and oxygen atoms in total. The first kappa shape index (κ1) is 21.2. The molecular formula is C27H20N4O3. The summed E-state index contributed by atoms with van der Waals surface area (Å²) in [4.78, 5) is 26.7. The van der Waals surface area contributed by atoms with Gasteiger partial charge in [-0.25, -0.2) is 4.68 Å². The lowest BCUT2D eigenvalue weighted by Gasteiger charge is -2.27. The van der Waals surface area contributed by atoms with Gasteiger partial charge in [-0.1, -0.05) is 36.4 Å². The standard InChI is InChI=1S/C27H20N4O3/c1-34-22-12-10-21(11-13-22)31-26-24(25(16-28)29-31)14-15-30(27(26)33)20-8-6-18(7-9-20)23-5-3-2-4-19(23)17-32/h2-13,17H,14-15H2,1H3. The van der Waals surface area contributed by atoms with Crippen LogP contribution in [0.5, 0.6) is 5.75 Å². The summed E-state index contributed by atoms with van der Waals surface area (Å²) in [6.45, 7) is 0.444. The number of nitrogens with zero attached hydrogens (tertiary/aromatic N) is 4. The van der Waals surface area contributed by atoms with Crippen LogP contribution in [0.15, 0.2) is 72.8 Å². The molecule has 7 heteroatoms. The fourth-order valence-electron chi connectivity index (χ4n) is 4.29. The summed E-state index contributed by atoms with van der Waals surface area (Å²) in [5.41, 5.74) is 5.08. The molecule has 0 N–H and O–H groups in total. The van der Waals surface area contributed by atoms with Crippen LogP contribution in [-0.4, -0.2) is 35.6 Å². The van der Waals surface area contributed by atoms with Crippen LogP contribution in [0.25, 0.3) is 16.8 Å². The lowest BCUT2D eigenvalue weighted by molar-refractivity contribution is 0.0972. The monoisotopic (exact) mass is 448 g/mol. The third-order valence-corrected chi connectivity index (χ3v) is 6.02. The number of carbonyl (C=O) groups excluding carboxylic acids is 2. The summed E-state index contributed by atoms with van der Waals surface area (Å²) < 4.78 is 6.76. The van der Waals surface area contributed by atoms with E-state index in [4.69, 9.17) is 4.74 Å². The van der Waals surface area contributed by atoms with Gasteiger partial charge in [-0.05, 0) is 53.9 Å². The van der Waals surface area contributed by atoms with Gasteiger partial charge in [-0.15, -0.1) is 0 Å². The summed E-state index contributed by atoms with van der Waals surface area (Å²) in [5, 5.41) is 14.0. The van der Waals surface area contributed by atoms with Crippen LogP contribution >= 0.6 is 0 Å². The second kappa shape index (κ2) is 8.68. The van der Waals surface area contributed by atoms with Crippen LogP contribution in [0.2, 0.25) is 0 Å². The van der Waals surface area contributed by atoms with E-state index in [2.05, 4.69) is 11.2 Å². The molecule has 1 amide bonds. The van der Waals surface area contributed by atoms with Gasteiger partial charge in [0.05, 0.1) is 12.8 Å². The van der Waals surface area contributed by atoms with Gasteiger partial charge in [-0.3, -0.25) is 9.59 Å². The van der Waals surface area contributed by atoms with E-state index in [1.807, 2.05) is 42.5 Å². The normalized spacial score (nSPS) is 12.7. The molecule has 1 aliphatic heterocycles. The van der Waals surface area contributed by atoms with Gasteiger partial charge in [0, 0.05) is 23.4 Å². The maximum Gasteiger partial charge on any atom is 0.277 e. The molecule has 0 fully saturated rings. The summed E-state index contributed by atoms with van der Waals surface area (Å²) >= 11 is 0. The molecule has 2 heterocycles. The van der Waals surface area contributed by atoms with Crippen molar-refractivity contribution in [2.24, 2.45) is 0 Å². The number of amides is 1. The SMILES string of the molecule is COc1ccc(-n2nc(C#N)c3c2C(=O)N(c2ccc(-c4ccccc4C=O)cc2)CC3)cc1. The third kappa shape index (κ3) is 3.51. The van der Waals surface area contributed by atoms with E-state index in [1.54, 1.807) is 42.3 Å². The van der Waals surface area contributed by atoms with Gasteiger partial charge >= 0.3 is 0 Å². The Hall–Kier alpha value is -4.70. The van der Waals surface area contributed by atoms with Crippen molar-refractivity contribution in [2.75, 3.05) is 18.6 Å².